The van der Waals surface area contributed by atoms with E-state index >= 15 is 0 Å². The Morgan fingerprint density at radius 3 is 2.95 bits per heavy atom. The first-order valence-electron chi connectivity index (χ1n) is 6.13. The fourth-order valence-corrected chi connectivity index (χ4v) is 2.89. The number of hydrogen-bond donors (Lipinski definition) is 1. The minimum atomic E-state index is -0.499. The van der Waals surface area contributed by atoms with Crippen LogP contribution in [0.5, 0.6) is 5.75 Å². The zero-order chi connectivity index (χ0) is 14.1. The van der Waals surface area contributed by atoms with E-state index in [2.05, 4.69) is 27.9 Å². The van der Waals surface area contributed by atoms with Crippen molar-refractivity contribution in [2.75, 3.05) is 5.32 Å². The van der Waals surface area contributed by atoms with Crippen LogP contribution in [0.25, 0.3) is 0 Å². The maximum Gasteiger partial charge on any atom is 0.265 e. The van der Waals surface area contributed by atoms with Crippen molar-refractivity contribution in [2.24, 2.45) is 0 Å². The van der Waals surface area contributed by atoms with E-state index in [0.717, 1.165) is 20.6 Å². The lowest BCUT2D eigenvalue weighted by Crippen LogP contribution is -2.31. The number of anilines is 1. The third-order valence-corrected chi connectivity index (χ3v) is 3.99. The van der Waals surface area contributed by atoms with Gasteiger partial charge in [0.25, 0.3) is 5.91 Å². The van der Waals surface area contributed by atoms with Gasteiger partial charge in [-0.3, -0.25) is 4.79 Å². The van der Waals surface area contributed by atoms with Crippen molar-refractivity contribution in [3.63, 3.8) is 0 Å². The summed E-state index contributed by atoms with van der Waals surface area (Å²) in [6.07, 6.45) is 0.0485. The molecule has 2 aromatic rings. The predicted molar refractivity (Wildman–Crippen MR) is 87.4 cm³/mol. The molecule has 0 bridgehead atoms. The number of fused-ring (bicyclic) bond motifs is 1. The van der Waals surface area contributed by atoms with E-state index in [4.69, 9.17) is 16.3 Å². The van der Waals surface area contributed by atoms with Crippen molar-refractivity contribution in [1.29, 1.82) is 0 Å². The van der Waals surface area contributed by atoms with Crippen LogP contribution in [0.15, 0.2) is 42.5 Å². The average molecular weight is 400 g/mol. The highest BCUT2D eigenvalue weighted by molar-refractivity contribution is 14.1. The second-order valence-electron chi connectivity index (χ2n) is 4.56. The van der Waals surface area contributed by atoms with Gasteiger partial charge in [-0.25, -0.2) is 0 Å². The summed E-state index contributed by atoms with van der Waals surface area (Å²) < 4.78 is 6.73. The predicted octanol–water partition coefficient (Wildman–Crippen LogP) is 3.89. The molecule has 3 nitrogen and oxygen atoms in total. The summed E-state index contributed by atoms with van der Waals surface area (Å²) >= 11 is 8.15. The van der Waals surface area contributed by atoms with E-state index < -0.39 is 6.10 Å². The van der Waals surface area contributed by atoms with Crippen LogP contribution >= 0.6 is 34.2 Å². The highest BCUT2D eigenvalue weighted by atomic mass is 127. The SMILES string of the molecule is O=C(Nc1cccc(I)c1)C1Cc2cc(Cl)ccc2O1. The number of rotatable bonds is 2. The molecule has 3 rings (SSSR count). The summed E-state index contributed by atoms with van der Waals surface area (Å²) in [4.78, 5) is 12.2. The van der Waals surface area contributed by atoms with Gasteiger partial charge in [-0.1, -0.05) is 17.7 Å². The van der Waals surface area contributed by atoms with Crippen molar-refractivity contribution in [2.45, 2.75) is 12.5 Å². The summed E-state index contributed by atoms with van der Waals surface area (Å²) in [6.45, 7) is 0. The van der Waals surface area contributed by atoms with E-state index in [0.29, 0.717) is 11.4 Å². The van der Waals surface area contributed by atoms with Crippen LogP contribution in [0.2, 0.25) is 5.02 Å². The van der Waals surface area contributed by atoms with Gasteiger partial charge < -0.3 is 10.1 Å². The van der Waals surface area contributed by atoms with Crippen molar-refractivity contribution in [3.05, 3.63) is 56.6 Å². The molecular weight excluding hydrogens is 389 g/mol. The lowest BCUT2D eigenvalue weighted by atomic mass is 10.1. The summed E-state index contributed by atoms with van der Waals surface area (Å²) in [5.74, 6) is 0.594. The molecule has 1 aliphatic heterocycles. The van der Waals surface area contributed by atoms with Crippen LogP contribution in [-0.4, -0.2) is 12.0 Å². The molecule has 0 aliphatic carbocycles. The zero-order valence-corrected chi connectivity index (χ0v) is 13.3. The zero-order valence-electron chi connectivity index (χ0n) is 10.4. The van der Waals surface area contributed by atoms with Crippen LogP contribution in [-0.2, 0) is 11.2 Å². The minimum absolute atomic E-state index is 0.140. The van der Waals surface area contributed by atoms with Gasteiger partial charge in [0.1, 0.15) is 5.75 Å². The molecular formula is C15H11ClINO2. The number of nitrogens with one attached hydrogen (secondary N) is 1. The number of halogens is 2. The monoisotopic (exact) mass is 399 g/mol. The molecule has 1 N–H and O–H groups in total. The Balaban J connectivity index is 1.71. The Morgan fingerprint density at radius 1 is 1.30 bits per heavy atom. The number of benzene rings is 2. The Kier molecular flexibility index (Phi) is 3.85. The third kappa shape index (κ3) is 2.91. The van der Waals surface area contributed by atoms with Crippen LogP contribution in [0, 0.1) is 3.57 Å². The number of carbonyl (C=O) groups is 1. The fraction of sp³-hybridized carbons (Fsp3) is 0.133. The van der Waals surface area contributed by atoms with Crippen LogP contribution in [0.1, 0.15) is 5.56 Å². The van der Waals surface area contributed by atoms with Crippen molar-refractivity contribution in [3.8, 4) is 5.75 Å². The largest absolute Gasteiger partial charge is 0.480 e. The molecule has 0 saturated heterocycles. The number of carbonyl (C=O) groups excluding carboxylic acids is 1. The highest BCUT2D eigenvalue weighted by Gasteiger charge is 2.29. The summed E-state index contributed by atoms with van der Waals surface area (Å²) in [5, 5.41) is 3.53. The van der Waals surface area contributed by atoms with E-state index in [1.807, 2.05) is 30.3 Å². The van der Waals surface area contributed by atoms with Gasteiger partial charge in [0.15, 0.2) is 6.10 Å². The Bertz CT molecular complexity index is 675. The quantitative estimate of drug-likeness (QED) is 0.778. The average Bonchev–Trinajstić information content (AvgIpc) is 2.81. The topological polar surface area (TPSA) is 38.3 Å². The first-order chi connectivity index (χ1) is 9.61. The van der Waals surface area contributed by atoms with Gasteiger partial charge in [-0.05, 0) is 64.6 Å². The van der Waals surface area contributed by atoms with Crippen molar-refractivity contribution >= 4 is 45.8 Å². The van der Waals surface area contributed by atoms with Crippen molar-refractivity contribution < 1.29 is 9.53 Å². The molecule has 1 amide bonds. The third-order valence-electron chi connectivity index (χ3n) is 3.08. The lowest BCUT2D eigenvalue weighted by molar-refractivity contribution is -0.122. The first-order valence-corrected chi connectivity index (χ1v) is 7.59. The maximum absolute atomic E-state index is 12.2. The van der Waals surface area contributed by atoms with Crippen LogP contribution in [0.3, 0.4) is 0 Å². The second kappa shape index (κ2) is 5.61. The van der Waals surface area contributed by atoms with Gasteiger partial charge >= 0.3 is 0 Å². The molecule has 0 saturated carbocycles. The van der Waals surface area contributed by atoms with Gasteiger partial charge in [-0.15, -0.1) is 0 Å². The van der Waals surface area contributed by atoms with E-state index in [-0.39, 0.29) is 5.91 Å². The molecule has 0 spiro atoms. The fourth-order valence-electron chi connectivity index (χ4n) is 2.15. The lowest BCUT2D eigenvalue weighted by Gasteiger charge is -2.11. The second-order valence-corrected chi connectivity index (χ2v) is 6.24. The Morgan fingerprint density at radius 2 is 2.15 bits per heavy atom. The molecule has 1 heterocycles. The molecule has 1 unspecified atom stereocenters. The first kappa shape index (κ1) is 13.7. The molecule has 2 aromatic carbocycles. The standard InChI is InChI=1S/C15H11ClINO2/c16-10-4-5-13-9(6-10)7-14(20-13)15(19)18-12-3-1-2-11(17)8-12/h1-6,8,14H,7H2,(H,18,19). The smallest absolute Gasteiger partial charge is 0.265 e. The molecule has 20 heavy (non-hydrogen) atoms. The Labute approximate surface area is 135 Å². The molecule has 0 fully saturated rings. The number of ether oxygens (including phenoxy) is 1. The van der Waals surface area contributed by atoms with Gasteiger partial charge in [0, 0.05) is 20.7 Å². The normalized spacial score (nSPS) is 16.4. The molecule has 0 radical (unpaired) electrons. The highest BCUT2D eigenvalue weighted by Crippen LogP contribution is 2.31. The van der Waals surface area contributed by atoms with Gasteiger partial charge in [0.2, 0.25) is 0 Å². The van der Waals surface area contributed by atoms with E-state index in [1.54, 1.807) is 12.1 Å². The molecule has 1 atom stereocenters. The molecule has 1 aliphatic rings. The summed E-state index contributed by atoms with van der Waals surface area (Å²) in [7, 11) is 0. The number of amides is 1. The number of hydrogen-bond acceptors (Lipinski definition) is 2. The van der Waals surface area contributed by atoms with Crippen LogP contribution < -0.4 is 10.1 Å². The molecule has 102 valence electrons. The van der Waals surface area contributed by atoms with E-state index in [9.17, 15) is 4.79 Å². The van der Waals surface area contributed by atoms with Crippen LogP contribution in [0.4, 0.5) is 5.69 Å². The Hall–Kier alpha value is -1.27. The summed E-state index contributed by atoms with van der Waals surface area (Å²) in [5.41, 5.74) is 1.75. The van der Waals surface area contributed by atoms with Gasteiger partial charge in [0.05, 0.1) is 0 Å². The van der Waals surface area contributed by atoms with Crippen molar-refractivity contribution in [1.82, 2.24) is 0 Å². The summed E-state index contributed by atoms with van der Waals surface area (Å²) in [6, 6.07) is 13.1. The minimum Gasteiger partial charge on any atom is -0.480 e. The maximum atomic E-state index is 12.2. The van der Waals surface area contributed by atoms with E-state index in [1.165, 1.54) is 0 Å². The van der Waals surface area contributed by atoms with Gasteiger partial charge in [-0.2, -0.15) is 0 Å². The molecule has 0 aromatic heterocycles. The molecule has 5 heteroatoms.